The molecule has 0 aliphatic heterocycles. The highest BCUT2D eigenvalue weighted by molar-refractivity contribution is 7.89. The molecular weight excluding hydrogens is 320 g/mol. The molecule has 0 bridgehead atoms. The first kappa shape index (κ1) is 15.7. The molecule has 1 aromatic rings. The summed E-state index contributed by atoms with van der Waals surface area (Å²) in [5.74, 6) is 0. The van der Waals surface area contributed by atoms with Crippen LogP contribution in [0.2, 0.25) is 5.02 Å². The van der Waals surface area contributed by atoms with Crippen molar-refractivity contribution in [2.75, 3.05) is 13.2 Å². The van der Waals surface area contributed by atoms with Crippen molar-refractivity contribution >= 4 is 38.8 Å². The first-order chi connectivity index (χ1) is 9.37. The normalized spacial score (nSPS) is 15.6. The lowest BCUT2D eigenvalue weighted by atomic mass is 10.2. The molecule has 8 heteroatoms. The average Bonchev–Trinajstić information content (AvgIpc) is 3.19. The summed E-state index contributed by atoms with van der Waals surface area (Å²) in [6, 6.07) is 4.37. The molecule has 2 rings (SSSR count). The van der Waals surface area contributed by atoms with Crippen LogP contribution in [0.4, 0.5) is 0 Å². The number of rotatable bonds is 6. The second-order valence-corrected chi connectivity index (χ2v) is 7.29. The van der Waals surface area contributed by atoms with Gasteiger partial charge in [-0.25, -0.2) is 8.42 Å². The zero-order chi connectivity index (χ0) is 14.9. The molecule has 20 heavy (non-hydrogen) atoms. The molecule has 0 atom stereocenters. The Morgan fingerprint density at radius 2 is 2.15 bits per heavy atom. The van der Waals surface area contributed by atoms with Gasteiger partial charge < -0.3 is 10.8 Å². The van der Waals surface area contributed by atoms with Gasteiger partial charge in [-0.1, -0.05) is 29.9 Å². The van der Waals surface area contributed by atoms with Crippen molar-refractivity contribution in [2.45, 2.75) is 23.8 Å². The lowest BCUT2D eigenvalue weighted by Gasteiger charge is -2.21. The zero-order valence-corrected chi connectivity index (χ0v) is 13.0. The van der Waals surface area contributed by atoms with E-state index < -0.39 is 10.0 Å². The summed E-state index contributed by atoms with van der Waals surface area (Å²) in [6.07, 6.45) is 1.59. The quantitative estimate of drug-likeness (QED) is 0.762. The van der Waals surface area contributed by atoms with Crippen molar-refractivity contribution in [1.29, 1.82) is 0 Å². The monoisotopic (exact) mass is 334 g/mol. The molecule has 0 aromatic heterocycles. The molecule has 1 saturated carbocycles. The minimum Gasteiger partial charge on any atom is -0.395 e. The van der Waals surface area contributed by atoms with Crippen LogP contribution in [0.25, 0.3) is 0 Å². The van der Waals surface area contributed by atoms with Crippen molar-refractivity contribution in [3.05, 3.63) is 28.8 Å². The fourth-order valence-corrected chi connectivity index (χ4v) is 4.25. The van der Waals surface area contributed by atoms with Gasteiger partial charge in [0.25, 0.3) is 0 Å². The lowest BCUT2D eigenvalue weighted by Crippen LogP contribution is -2.35. The van der Waals surface area contributed by atoms with Gasteiger partial charge in [0.1, 0.15) is 9.88 Å². The topological polar surface area (TPSA) is 83.6 Å². The number of aliphatic hydroxyl groups excluding tert-OH is 1. The highest BCUT2D eigenvalue weighted by Crippen LogP contribution is 2.34. The predicted molar refractivity (Wildman–Crippen MR) is 81.3 cm³/mol. The molecule has 1 aliphatic rings. The Balaban J connectivity index is 2.47. The van der Waals surface area contributed by atoms with Crippen LogP contribution in [0.3, 0.4) is 0 Å². The van der Waals surface area contributed by atoms with Crippen molar-refractivity contribution in [1.82, 2.24) is 4.31 Å². The standard InChI is InChI=1S/C12H15ClN2O3S2/c13-10-4-1-8(12(14)19)7-11(10)20(17,18)15(5-6-16)9-2-3-9/h1,4,7,9,16H,2-3,5-6H2,(H2,14,19). The van der Waals surface area contributed by atoms with Gasteiger partial charge >= 0.3 is 0 Å². The number of hydrogen-bond donors (Lipinski definition) is 2. The van der Waals surface area contributed by atoms with Crippen molar-refractivity contribution in [3.8, 4) is 0 Å². The van der Waals surface area contributed by atoms with Gasteiger partial charge in [0.05, 0.1) is 11.6 Å². The second kappa shape index (κ2) is 5.95. The SMILES string of the molecule is NC(=S)c1ccc(Cl)c(S(=O)(=O)N(CCO)C2CC2)c1. The minimum atomic E-state index is -3.76. The largest absolute Gasteiger partial charge is 0.395 e. The van der Waals surface area contributed by atoms with Crippen LogP contribution in [0.5, 0.6) is 0 Å². The molecule has 3 N–H and O–H groups in total. The highest BCUT2D eigenvalue weighted by atomic mass is 35.5. The number of nitrogens with two attached hydrogens (primary N) is 1. The molecule has 0 amide bonds. The van der Waals surface area contributed by atoms with Crippen LogP contribution in [0.15, 0.2) is 23.1 Å². The van der Waals surface area contributed by atoms with E-state index in [4.69, 9.17) is 34.7 Å². The van der Waals surface area contributed by atoms with Crippen molar-refractivity contribution < 1.29 is 13.5 Å². The van der Waals surface area contributed by atoms with Crippen LogP contribution in [-0.2, 0) is 10.0 Å². The Morgan fingerprint density at radius 1 is 1.50 bits per heavy atom. The number of benzene rings is 1. The molecule has 0 saturated heterocycles. The maximum Gasteiger partial charge on any atom is 0.244 e. The summed E-state index contributed by atoms with van der Waals surface area (Å²) >= 11 is 10.9. The Hall–Kier alpha value is -0.730. The maximum absolute atomic E-state index is 12.6. The van der Waals surface area contributed by atoms with E-state index in [1.807, 2.05) is 0 Å². The van der Waals surface area contributed by atoms with Crippen LogP contribution >= 0.6 is 23.8 Å². The number of halogens is 1. The number of aliphatic hydroxyl groups is 1. The fraction of sp³-hybridized carbons (Fsp3) is 0.417. The molecule has 1 aliphatic carbocycles. The number of thiocarbonyl (C=S) groups is 1. The van der Waals surface area contributed by atoms with E-state index >= 15 is 0 Å². The van der Waals surface area contributed by atoms with E-state index in [0.29, 0.717) is 5.56 Å². The van der Waals surface area contributed by atoms with E-state index in [1.165, 1.54) is 16.4 Å². The molecular formula is C12H15ClN2O3S2. The van der Waals surface area contributed by atoms with Crippen molar-refractivity contribution in [2.24, 2.45) is 5.73 Å². The molecule has 110 valence electrons. The van der Waals surface area contributed by atoms with E-state index in [9.17, 15) is 8.42 Å². The molecule has 5 nitrogen and oxygen atoms in total. The summed E-state index contributed by atoms with van der Waals surface area (Å²) in [6.45, 7) is -0.178. The number of nitrogens with zero attached hydrogens (tertiary/aromatic N) is 1. The van der Waals surface area contributed by atoms with Crippen LogP contribution < -0.4 is 5.73 Å². The molecule has 0 heterocycles. The Labute approximate surface area is 128 Å². The number of sulfonamides is 1. The van der Waals surface area contributed by atoms with Gasteiger partial charge in [-0.05, 0) is 25.0 Å². The second-order valence-electron chi connectivity index (χ2n) is 4.58. The molecule has 1 fully saturated rings. The first-order valence-corrected chi connectivity index (χ1v) is 8.32. The Morgan fingerprint density at radius 3 is 2.65 bits per heavy atom. The summed E-state index contributed by atoms with van der Waals surface area (Å²) in [4.78, 5) is 0.0862. The van der Waals surface area contributed by atoms with E-state index in [1.54, 1.807) is 6.07 Å². The Kier molecular flexibility index (Phi) is 4.66. The number of hydrogen-bond acceptors (Lipinski definition) is 4. The van der Waals surface area contributed by atoms with Gasteiger partial charge in [0.2, 0.25) is 10.0 Å². The minimum absolute atomic E-state index is 0.0233. The third-order valence-electron chi connectivity index (χ3n) is 3.08. The van der Waals surface area contributed by atoms with Gasteiger partial charge in [0, 0.05) is 18.2 Å². The van der Waals surface area contributed by atoms with Crippen molar-refractivity contribution in [3.63, 3.8) is 0 Å². The Bertz CT molecular complexity index is 630. The third-order valence-corrected chi connectivity index (χ3v) is 5.75. The summed E-state index contributed by atoms with van der Waals surface area (Å²) in [5.41, 5.74) is 5.97. The highest BCUT2D eigenvalue weighted by Gasteiger charge is 2.38. The molecule has 0 unspecified atom stereocenters. The zero-order valence-electron chi connectivity index (χ0n) is 10.6. The summed E-state index contributed by atoms with van der Waals surface area (Å²) < 4.78 is 26.6. The first-order valence-electron chi connectivity index (χ1n) is 6.10. The lowest BCUT2D eigenvalue weighted by molar-refractivity contribution is 0.250. The molecule has 1 aromatic carbocycles. The smallest absolute Gasteiger partial charge is 0.244 e. The predicted octanol–water partition coefficient (Wildman–Crippen LogP) is 1.12. The van der Waals surface area contributed by atoms with E-state index in [0.717, 1.165) is 12.8 Å². The van der Waals surface area contributed by atoms with E-state index in [-0.39, 0.29) is 34.1 Å². The van der Waals surface area contributed by atoms with Gasteiger partial charge in [-0.3, -0.25) is 0 Å². The van der Waals surface area contributed by atoms with Crippen LogP contribution in [-0.4, -0.2) is 42.0 Å². The molecule has 0 spiro atoms. The van der Waals surface area contributed by atoms with E-state index in [2.05, 4.69) is 0 Å². The average molecular weight is 335 g/mol. The fourth-order valence-electron chi connectivity index (χ4n) is 1.94. The van der Waals surface area contributed by atoms with Crippen LogP contribution in [0.1, 0.15) is 18.4 Å². The van der Waals surface area contributed by atoms with Gasteiger partial charge in [0.15, 0.2) is 0 Å². The van der Waals surface area contributed by atoms with Gasteiger partial charge in [-0.2, -0.15) is 4.31 Å². The van der Waals surface area contributed by atoms with Gasteiger partial charge in [-0.15, -0.1) is 0 Å². The third kappa shape index (κ3) is 3.12. The maximum atomic E-state index is 12.6. The summed E-state index contributed by atoms with van der Waals surface area (Å²) in [7, 11) is -3.76. The molecule has 0 radical (unpaired) electrons. The summed E-state index contributed by atoms with van der Waals surface area (Å²) in [5, 5.41) is 9.17. The van der Waals surface area contributed by atoms with Crippen LogP contribution in [0, 0.1) is 0 Å².